The number of aryl methyl sites for hydroxylation is 1. The molecule has 5 nitrogen and oxygen atoms in total. The molecule has 0 aliphatic rings. The Morgan fingerprint density at radius 2 is 2.06 bits per heavy atom. The maximum absolute atomic E-state index is 11.8. The van der Waals surface area contributed by atoms with Crippen LogP contribution in [0.15, 0.2) is 35.1 Å². The Morgan fingerprint density at radius 1 is 1.35 bits per heavy atom. The second-order valence-corrected chi connectivity index (χ2v) is 3.53. The largest absolute Gasteiger partial charge is 0.497 e. The highest BCUT2D eigenvalue weighted by Gasteiger charge is 2.13. The third kappa shape index (κ3) is 2.44. The number of carbonyl (C=O) groups is 1. The van der Waals surface area contributed by atoms with Crippen molar-refractivity contribution >= 4 is 11.6 Å². The van der Waals surface area contributed by atoms with Gasteiger partial charge in [-0.15, -0.1) is 0 Å². The monoisotopic (exact) mass is 232 g/mol. The summed E-state index contributed by atoms with van der Waals surface area (Å²) in [5.74, 6) is 0.446. The molecule has 2 rings (SSSR count). The number of aromatic nitrogens is 1. The quantitative estimate of drug-likeness (QED) is 0.881. The van der Waals surface area contributed by atoms with Crippen molar-refractivity contribution in [1.29, 1.82) is 0 Å². The van der Waals surface area contributed by atoms with Gasteiger partial charge in [0.25, 0.3) is 5.91 Å². The Hall–Kier alpha value is -2.30. The van der Waals surface area contributed by atoms with E-state index in [0.29, 0.717) is 16.9 Å². The van der Waals surface area contributed by atoms with Gasteiger partial charge in [0, 0.05) is 11.3 Å². The first kappa shape index (κ1) is 11.2. The predicted octanol–water partition coefficient (Wildman–Crippen LogP) is 2.24. The lowest BCUT2D eigenvalue weighted by Gasteiger charge is -2.04. The number of nitrogens with one attached hydrogen (secondary N) is 1. The molecule has 0 saturated carbocycles. The van der Waals surface area contributed by atoms with Crippen molar-refractivity contribution in [1.82, 2.24) is 5.16 Å². The first-order chi connectivity index (χ1) is 8.20. The molecule has 0 unspecified atom stereocenters. The number of amides is 1. The number of nitrogens with zero attached hydrogens (tertiary/aromatic N) is 1. The predicted molar refractivity (Wildman–Crippen MR) is 62.2 cm³/mol. The van der Waals surface area contributed by atoms with Crippen LogP contribution in [0, 0.1) is 6.92 Å². The standard InChI is InChI=1S/C12H12N2O3/c1-8-7-17-14-11(8)12(15)13-9-3-5-10(16-2)6-4-9/h3-7H,1-2H3,(H,13,15). The molecule has 0 saturated heterocycles. The van der Waals surface area contributed by atoms with Crippen LogP contribution >= 0.6 is 0 Å². The molecule has 0 radical (unpaired) electrons. The van der Waals surface area contributed by atoms with E-state index < -0.39 is 0 Å². The number of hydrogen-bond donors (Lipinski definition) is 1. The van der Waals surface area contributed by atoms with Gasteiger partial charge in [-0.2, -0.15) is 0 Å². The van der Waals surface area contributed by atoms with E-state index in [1.807, 2.05) is 0 Å². The Kier molecular flexibility index (Phi) is 3.09. The molecule has 1 N–H and O–H groups in total. The lowest BCUT2D eigenvalue weighted by atomic mass is 10.2. The van der Waals surface area contributed by atoms with Gasteiger partial charge < -0.3 is 14.6 Å². The van der Waals surface area contributed by atoms with Crippen LogP contribution in [0.25, 0.3) is 0 Å². The van der Waals surface area contributed by atoms with Crippen LogP contribution in [0.2, 0.25) is 0 Å². The Morgan fingerprint density at radius 3 is 2.59 bits per heavy atom. The molecule has 0 bridgehead atoms. The Labute approximate surface area is 98.4 Å². The summed E-state index contributed by atoms with van der Waals surface area (Å²) < 4.78 is 9.74. The fraction of sp³-hybridized carbons (Fsp3) is 0.167. The van der Waals surface area contributed by atoms with Crippen molar-refractivity contribution in [2.75, 3.05) is 12.4 Å². The minimum atomic E-state index is -0.290. The van der Waals surface area contributed by atoms with Crippen LogP contribution in [0.4, 0.5) is 5.69 Å². The van der Waals surface area contributed by atoms with E-state index in [1.54, 1.807) is 38.3 Å². The number of benzene rings is 1. The van der Waals surface area contributed by atoms with Gasteiger partial charge >= 0.3 is 0 Å². The number of anilines is 1. The third-order valence-corrected chi connectivity index (χ3v) is 2.31. The van der Waals surface area contributed by atoms with E-state index in [1.165, 1.54) is 6.26 Å². The minimum absolute atomic E-state index is 0.290. The average molecular weight is 232 g/mol. The molecule has 1 aromatic carbocycles. The first-order valence-electron chi connectivity index (χ1n) is 5.07. The molecule has 0 fully saturated rings. The number of carbonyl (C=O) groups excluding carboxylic acids is 1. The van der Waals surface area contributed by atoms with Gasteiger partial charge in [0.2, 0.25) is 0 Å². The van der Waals surface area contributed by atoms with E-state index >= 15 is 0 Å². The van der Waals surface area contributed by atoms with Gasteiger partial charge in [-0.1, -0.05) is 5.16 Å². The van der Waals surface area contributed by atoms with Crippen LogP contribution in [-0.4, -0.2) is 18.2 Å². The van der Waals surface area contributed by atoms with Gasteiger partial charge in [-0.3, -0.25) is 4.79 Å². The van der Waals surface area contributed by atoms with Crippen molar-refractivity contribution in [2.24, 2.45) is 0 Å². The molecule has 5 heteroatoms. The zero-order chi connectivity index (χ0) is 12.3. The molecular weight excluding hydrogens is 220 g/mol. The highest BCUT2D eigenvalue weighted by atomic mass is 16.5. The van der Waals surface area contributed by atoms with Gasteiger partial charge in [-0.05, 0) is 31.2 Å². The van der Waals surface area contributed by atoms with Crippen LogP contribution in [0.3, 0.4) is 0 Å². The topological polar surface area (TPSA) is 64.4 Å². The fourth-order valence-corrected chi connectivity index (χ4v) is 1.37. The number of hydrogen-bond acceptors (Lipinski definition) is 4. The summed E-state index contributed by atoms with van der Waals surface area (Å²) in [6.07, 6.45) is 1.43. The SMILES string of the molecule is COc1ccc(NC(=O)c2nocc2C)cc1. The summed E-state index contributed by atoms with van der Waals surface area (Å²) in [4.78, 5) is 11.8. The molecule has 1 amide bonds. The van der Waals surface area contributed by atoms with E-state index in [2.05, 4.69) is 10.5 Å². The van der Waals surface area contributed by atoms with E-state index in [9.17, 15) is 4.79 Å². The molecule has 0 aliphatic carbocycles. The Balaban J connectivity index is 2.10. The van der Waals surface area contributed by atoms with E-state index in [4.69, 9.17) is 9.26 Å². The minimum Gasteiger partial charge on any atom is -0.497 e. The summed E-state index contributed by atoms with van der Waals surface area (Å²) >= 11 is 0. The molecule has 17 heavy (non-hydrogen) atoms. The summed E-state index contributed by atoms with van der Waals surface area (Å²) in [6.45, 7) is 1.76. The van der Waals surface area contributed by atoms with Crippen molar-refractivity contribution in [3.05, 3.63) is 41.8 Å². The van der Waals surface area contributed by atoms with Crippen molar-refractivity contribution < 1.29 is 14.1 Å². The van der Waals surface area contributed by atoms with Crippen LogP contribution < -0.4 is 10.1 Å². The van der Waals surface area contributed by atoms with Crippen molar-refractivity contribution in [3.63, 3.8) is 0 Å². The maximum atomic E-state index is 11.8. The van der Waals surface area contributed by atoms with Crippen LogP contribution in [0.1, 0.15) is 16.1 Å². The molecular formula is C12H12N2O3. The maximum Gasteiger partial charge on any atom is 0.278 e. The second-order valence-electron chi connectivity index (χ2n) is 3.53. The van der Waals surface area contributed by atoms with E-state index in [0.717, 1.165) is 5.75 Å². The second kappa shape index (κ2) is 4.69. The van der Waals surface area contributed by atoms with Crippen molar-refractivity contribution in [2.45, 2.75) is 6.92 Å². The lowest BCUT2D eigenvalue weighted by molar-refractivity contribution is 0.101. The molecule has 0 atom stereocenters. The number of rotatable bonds is 3. The van der Waals surface area contributed by atoms with Crippen LogP contribution in [0.5, 0.6) is 5.75 Å². The summed E-state index contributed by atoms with van der Waals surface area (Å²) in [6, 6.07) is 7.05. The van der Waals surface area contributed by atoms with Crippen molar-refractivity contribution in [3.8, 4) is 5.75 Å². The summed E-state index contributed by atoms with van der Waals surface area (Å²) in [5.41, 5.74) is 1.68. The van der Waals surface area contributed by atoms with Gasteiger partial charge in [0.1, 0.15) is 12.0 Å². The summed E-state index contributed by atoms with van der Waals surface area (Å²) in [5, 5.41) is 6.35. The zero-order valence-electron chi connectivity index (χ0n) is 9.56. The summed E-state index contributed by atoms with van der Waals surface area (Å²) in [7, 11) is 1.59. The fourth-order valence-electron chi connectivity index (χ4n) is 1.37. The zero-order valence-corrected chi connectivity index (χ0v) is 9.56. The van der Waals surface area contributed by atoms with Gasteiger partial charge in [-0.25, -0.2) is 0 Å². The number of ether oxygens (including phenoxy) is 1. The first-order valence-corrected chi connectivity index (χ1v) is 5.07. The molecule has 1 aromatic heterocycles. The normalized spacial score (nSPS) is 10.0. The highest BCUT2D eigenvalue weighted by Crippen LogP contribution is 2.16. The average Bonchev–Trinajstić information content (AvgIpc) is 2.76. The Bertz CT molecular complexity index is 517. The molecule has 0 spiro atoms. The van der Waals surface area contributed by atoms with E-state index in [-0.39, 0.29) is 5.91 Å². The number of methoxy groups -OCH3 is 1. The van der Waals surface area contributed by atoms with Gasteiger partial charge in [0.15, 0.2) is 5.69 Å². The highest BCUT2D eigenvalue weighted by molar-refractivity contribution is 6.03. The molecule has 0 aliphatic heterocycles. The lowest BCUT2D eigenvalue weighted by Crippen LogP contribution is -2.13. The third-order valence-electron chi connectivity index (χ3n) is 2.31. The smallest absolute Gasteiger partial charge is 0.278 e. The molecule has 2 aromatic rings. The van der Waals surface area contributed by atoms with Crippen LogP contribution in [-0.2, 0) is 0 Å². The molecule has 1 heterocycles. The van der Waals surface area contributed by atoms with Gasteiger partial charge in [0.05, 0.1) is 7.11 Å². The molecule has 88 valence electrons.